The van der Waals surface area contributed by atoms with Crippen LogP contribution in [0.4, 0.5) is 4.79 Å². The predicted molar refractivity (Wildman–Crippen MR) is 84.2 cm³/mol. The molecule has 3 aromatic rings. The van der Waals surface area contributed by atoms with Crippen LogP contribution >= 0.6 is 0 Å². The number of hydrogen-bond acceptors (Lipinski definition) is 3. The minimum Gasteiger partial charge on any atom is -0.459 e. The average Bonchev–Trinajstić information content (AvgIpc) is 2.96. The van der Waals surface area contributed by atoms with Crippen molar-refractivity contribution in [2.75, 3.05) is 0 Å². The summed E-state index contributed by atoms with van der Waals surface area (Å²) in [5.74, 6) is 0.730. The number of fused-ring (bicyclic) bond motifs is 1. The zero-order chi connectivity index (χ0) is 15.4. The largest absolute Gasteiger partial charge is 0.459 e. The van der Waals surface area contributed by atoms with E-state index in [1.54, 1.807) is 12.4 Å². The normalized spacial score (nSPS) is 12.0. The summed E-state index contributed by atoms with van der Waals surface area (Å²) in [4.78, 5) is 15.9. The quantitative estimate of drug-likeness (QED) is 0.775. The van der Waals surface area contributed by atoms with E-state index >= 15 is 0 Å². The number of pyridine rings is 1. The van der Waals surface area contributed by atoms with Crippen molar-refractivity contribution in [1.82, 2.24) is 15.6 Å². The lowest BCUT2D eigenvalue weighted by Crippen LogP contribution is -2.36. The highest BCUT2D eigenvalue weighted by Gasteiger charge is 2.10. The van der Waals surface area contributed by atoms with E-state index < -0.39 is 0 Å². The monoisotopic (exact) mass is 295 g/mol. The van der Waals surface area contributed by atoms with Crippen molar-refractivity contribution in [1.29, 1.82) is 0 Å². The highest BCUT2D eigenvalue weighted by molar-refractivity contribution is 5.78. The maximum absolute atomic E-state index is 11.9. The van der Waals surface area contributed by atoms with Crippen LogP contribution in [0, 0.1) is 0 Å². The third-order valence-corrected chi connectivity index (χ3v) is 3.45. The Bertz CT molecular complexity index is 735. The van der Waals surface area contributed by atoms with Gasteiger partial charge in [-0.3, -0.25) is 4.98 Å². The summed E-state index contributed by atoms with van der Waals surface area (Å²) >= 11 is 0. The molecule has 0 aliphatic heterocycles. The first-order valence-electron chi connectivity index (χ1n) is 7.14. The van der Waals surface area contributed by atoms with Gasteiger partial charge >= 0.3 is 6.03 Å². The molecule has 0 saturated carbocycles. The van der Waals surface area contributed by atoms with E-state index in [2.05, 4.69) is 15.6 Å². The number of carbonyl (C=O) groups excluding carboxylic acids is 1. The van der Waals surface area contributed by atoms with Gasteiger partial charge in [-0.25, -0.2) is 4.79 Å². The third kappa shape index (κ3) is 3.25. The number of amides is 2. The smallest absolute Gasteiger partial charge is 0.315 e. The van der Waals surface area contributed by atoms with Crippen molar-refractivity contribution in [3.8, 4) is 0 Å². The molecule has 0 fully saturated rings. The highest BCUT2D eigenvalue weighted by atomic mass is 16.3. The van der Waals surface area contributed by atoms with Gasteiger partial charge in [0.1, 0.15) is 11.3 Å². The van der Waals surface area contributed by atoms with E-state index in [1.165, 1.54) is 0 Å². The molecular formula is C17H17N3O2. The maximum Gasteiger partial charge on any atom is 0.315 e. The second kappa shape index (κ2) is 6.30. The molecule has 0 radical (unpaired) electrons. The molecule has 0 saturated heterocycles. The van der Waals surface area contributed by atoms with Gasteiger partial charge in [0.25, 0.3) is 0 Å². The van der Waals surface area contributed by atoms with Crippen LogP contribution < -0.4 is 10.6 Å². The second-order valence-corrected chi connectivity index (χ2v) is 5.08. The Morgan fingerprint density at radius 3 is 2.77 bits per heavy atom. The molecule has 5 heteroatoms. The van der Waals surface area contributed by atoms with Gasteiger partial charge in [0.05, 0.1) is 12.6 Å². The summed E-state index contributed by atoms with van der Waals surface area (Å²) in [6.45, 7) is 2.28. The molecule has 1 atom stereocenters. The second-order valence-electron chi connectivity index (χ2n) is 5.08. The SMILES string of the molecule is CC(NC(=O)NCc1cc2ccccc2o1)c1ccncc1. The molecule has 3 rings (SSSR count). The molecule has 1 aromatic carbocycles. The predicted octanol–water partition coefficient (Wildman–Crippen LogP) is 3.39. The Hall–Kier alpha value is -2.82. The molecule has 2 N–H and O–H groups in total. The number of benzene rings is 1. The number of furan rings is 1. The van der Waals surface area contributed by atoms with E-state index in [-0.39, 0.29) is 12.1 Å². The number of nitrogens with zero attached hydrogens (tertiary/aromatic N) is 1. The van der Waals surface area contributed by atoms with Crippen LogP contribution in [0.1, 0.15) is 24.3 Å². The molecule has 112 valence electrons. The minimum atomic E-state index is -0.232. The fraction of sp³-hybridized carbons (Fsp3) is 0.176. The molecule has 2 amide bonds. The number of hydrogen-bond donors (Lipinski definition) is 2. The summed E-state index contributed by atoms with van der Waals surface area (Å²) < 4.78 is 5.66. The number of rotatable bonds is 4. The van der Waals surface area contributed by atoms with Gasteiger partial charge in [0.15, 0.2) is 0 Å². The molecule has 2 heterocycles. The Labute approximate surface area is 128 Å². The standard InChI is InChI=1S/C17H17N3O2/c1-12(13-6-8-18-9-7-13)20-17(21)19-11-15-10-14-4-2-3-5-16(14)22-15/h2-10,12H,11H2,1H3,(H2,19,20,21). The summed E-state index contributed by atoms with van der Waals surface area (Å²) in [6, 6.07) is 13.1. The first-order valence-corrected chi connectivity index (χ1v) is 7.14. The van der Waals surface area contributed by atoms with Crippen LogP contribution in [-0.4, -0.2) is 11.0 Å². The van der Waals surface area contributed by atoms with Crippen LogP contribution in [0.15, 0.2) is 59.3 Å². The number of aromatic nitrogens is 1. The van der Waals surface area contributed by atoms with Crippen molar-refractivity contribution in [2.24, 2.45) is 0 Å². The van der Waals surface area contributed by atoms with Gasteiger partial charge in [0.2, 0.25) is 0 Å². The molecule has 0 aliphatic rings. The van der Waals surface area contributed by atoms with E-state index in [4.69, 9.17) is 4.42 Å². The topological polar surface area (TPSA) is 67.2 Å². The average molecular weight is 295 g/mol. The summed E-state index contributed by atoms with van der Waals surface area (Å²) in [5.41, 5.74) is 1.83. The third-order valence-electron chi connectivity index (χ3n) is 3.45. The molecule has 5 nitrogen and oxygen atoms in total. The Kier molecular flexibility index (Phi) is 4.05. The summed E-state index contributed by atoms with van der Waals surface area (Å²) in [5, 5.41) is 6.71. The van der Waals surface area contributed by atoms with Crippen molar-refractivity contribution in [3.05, 3.63) is 66.2 Å². The zero-order valence-electron chi connectivity index (χ0n) is 12.2. The number of nitrogens with one attached hydrogen (secondary N) is 2. The number of urea groups is 1. The molecule has 0 bridgehead atoms. The maximum atomic E-state index is 11.9. The van der Waals surface area contributed by atoms with Crippen LogP contribution in [0.25, 0.3) is 11.0 Å². The van der Waals surface area contributed by atoms with Crippen LogP contribution in [-0.2, 0) is 6.54 Å². The van der Waals surface area contributed by atoms with Crippen LogP contribution in [0.5, 0.6) is 0 Å². The Balaban J connectivity index is 1.56. The van der Waals surface area contributed by atoms with Crippen LogP contribution in [0.2, 0.25) is 0 Å². The lowest BCUT2D eigenvalue weighted by molar-refractivity contribution is 0.236. The van der Waals surface area contributed by atoms with Crippen LogP contribution in [0.3, 0.4) is 0 Å². The lowest BCUT2D eigenvalue weighted by atomic mass is 10.1. The molecule has 0 aliphatic carbocycles. The van der Waals surface area contributed by atoms with Gasteiger partial charge in [-0.05, 0) is 36.8 Å². The van der Waals surface area contributed by atoms with Gasteiger partial charge < -0.3 is 15.1 Å². The first kappa shape index (κ1) is 14.1. The van der Waals surface area contributed by atoms with Gasteiger partial charge in [-0.2, -0.15) is 0 Å². The van der Waals surface area contributed by atoms with E-state index in [9.17, 15) is 4.79 Å². The Morgan fingerprint density at radius 1 is 1.23 bits per heavy atom. The van der Waals surface area contributed by atoms with Crippen molar-refractivity contribution < 1.29 is 9.21 Å². The van der Waals surface area contributed by atoms with Crippen molar-refractivity contribution >= 4 is 17.0 Å². The molecule has 1 unspecified atom stereocenters. The molecule has 2 aromatic heterocycles. The fourth-order valence-electron chi connectivity index (χ4n) is 2.27. The summed E-state index contributed by atoms with van der Waals surface area (Å²) in [6.07, 6.45) is 3.42. The zero-order valence-corrected chi connectivity index (χ0v) is 12.2. The van der Waals surface area contributed by atoms with E-state index in [1.807, 2.05) is 49.4 Å². The van der Waals surface area contributed by atoms with Gasteiger partial charge in [0, 0.05) is 17.8 Å². The summed E-state index contributed by atoms with van der Waals surface area (Å²) in [7, 11) is 0. The van der Waals surface area contributed by atoms with Gasteiger partial charge in [-0.15, -0.1) is 0 Å². The minimum absolute atomic E-state index is 0.0846. The van der Waals surface area contributed by atoms with Gasteiger partial charge in [-0.1, -0.05) is 18.2 Å². The number of para-hydroxylation sites is 1. The van der Waals surface area contributed by atoms with E-state index in [0.717, 1.165) is 22.3 Å². The Morgan fingerprint density at radius 2 is 2.00 bits per heavy atom. The number of carbonyl (C=O) groups is 1. The van der Waals surface area contributed by atoms with Crippen molar-refractivity contribution in [2.45, 2.75) is 19.5 Å². The van der Waals surface area contributed by atoms with Crippen molar-refractivity contribution in [3.63, 3.8) is 0 Å². The highest BCUT2D eigenvalue weighted by Crippen LogP contribution is 2.18. The van der Waals surface area contributed by atoms with E-state index in [0.29, 0.717) is 6.54 Å². The fourth-order valence-corrected chi connectivity index (χ4v) is 2.27. The lowest BCUT2D eigenvalue weighted by Gasteiger charge is -2.14. The molecule has 22 heavy (non-hydrogen) atoms. The molecular weight excluding hydrogens is 278 g/mol. The first-order chi connectivity index (χ1) is 10.7. The molecule has 0 spiro atoms.